The van der Waals surface area contributed by atoms with Gasteiger partial charge in [0.05, 0.1) is 6.61 Å². The molecule has 0 aromatic heterocycles. The Hall–Kier alpha value is -1.84. The molecule has 0 unspecified atom stereocenters. The van der Waals surface area contributed by atoms with Crippen molar-refractivity contribution in [1.82, 2.24) is 0 Å². The van der Waals surface area contributed by atoms with Crippen LogP contribution in [0.2, 0.25) is 5.02 Å². The van der Waals surface area contributed by atoms with Crippen molar-refractivity contribution >= 4 is 17.4 Å². The van der Waals surface area contributed by atoms with Crippen LogP contribution in [0.1, 0.15) is 15.9 Å². The highest BCUT2D eigenvalue weighted by Gasteiger charge is 2.07. The highest BCUT2D eigenvalue weighted by molar-refractivity contribution is 6.31. The fourth-order valence-corrected chi connectivity index (χ4v) is 1.78. The minimum Gasteiger partial charge on any atom is -0.485 e. The van der Waals surface area contributed by atoms with Crippen LogP contribution in [0, 0.1) is 0 Å². The Kier molecular flexibility index (Phi) is 4.55. The number of benzene rings is 2. The van der Waals surface area contributed by atoms with E-state index >= 15 is 0 Å². The molecule has 0 amide bonds. The zero-order chi connectivity index (χ0) is 13.7. The second kappa shape index (κ2) is 6.36. The highest BCUT2D eigenvalue weighted by Crippen LogP contribution is 2.14. The van der Waals surface area contributed by atoms with Gasteiger partial charge >= 0.3 is 0 Å². The molecule has 0 bridgehead atoms. The molecule has 0 heterocycles. The molecule has 0 saturated heterocycles. The molecular formula is C15H13ClO3. The number of aliphatic hydroxyl groups excluding tert-OH is 1. The lowest BCUT2D eigenvalue weighted by Crippen LogP contribution is -2.11. The normalized spacial score (nSPS) is 10.2. The minimum absolute atomic E-state index is 0.0122. The van der Waals surface area contributed by atoms with Crippen LogP contribution in [-0.4, -0.2) is 17.5 Å². The molecule has 2 aromatic carbocycles. The third-order valence-electron chi connectivity index (χ3n) is 2.62. The van der Waals surface area contributed by atoms with Crippen molar-refractivity contribution in [2.24, 2.45) is 0 Å². The van der Waals surface area contributed by atoms with Crippen molar-refractivity contribution < 1.29 is 14.6 Å². The van der Waals surface area contributed by atoms with Gasteiger partial charge in [-0.15, -0.1) is 0 Å². The number of carbonyl (C=O) groups excluding carboxylic acids is 1. The van der Waals surface area contributed by atoms with Crippen molar-refractivity contribution in [2.75, 3.05) is 6.61 Å². The monoisotopic (exact) mass is 276 g/mol. The van der Waals surface area contributed by atoms with E-state index in [1.54, 1.807) is 48.5 Å². The third-order valence-corrected chi connectivity index (χ3v) is 2.86. The van der Waals surface area contributed by atoms with Crippen molar-refractivity contribution in [3.05, 3.63) is 64.7 Å². The molecule has 4 heteroatoms. The van der Waals surface area contributed by atoms with E-state index < -0.39 is 0 Å². The van der Waals surface area contributed by atoms with Crippen LogP contribution in [0.3, 0.4) is 0 Å². The zero-order valence-electron chi connectivity index (χ0n) is 10.2. The highest BCUT2D eigenvalue weighted by atomic mass is 35.5. The first kappa shape index (κ1) is 13.6. The first-order valence-corrected chi connectivity index (χ1v) is 6.18. The summed E-state index contributed by atoms with van der Waals surface area (Å²) in [5.41, 5.74) is 1.33. The fraction of sp³-hybridized carbons (Fsp3) is 0.133. The Balaban J connectivity index is 1.96. The Bertz CT molecular complexity index is 564. The molecular weight excluding hydrogens is 264 g/mol. The lowest BCUT2D eigenvalue weighted by Gasteiger charge is -2.06. The molecule has 0 spiro atoms. The molecule has 0 aliphatic rings. The SMILES string of the molecule is O=C(COc1ccc(CO)cc1)c1cccc(Cl)c1. The summed E-state index contributed by atoms with van der Waals surface area (Å²) in [5, 5.41) is 9.44. The zero-order valence-corrected chi connectivity index (χ0v) is 10.9. The average molecular weight is 277 g/mol. The summed E-state index contributed by atoms with van der Waals surface area (Å²) in [7, 11) is 0. The van der Waals surface area contributed by atoms with Crippen molar-refractivity contribution in [1.29, 1.82) is 0 Å². The van der Waals surface area contributed by atoms with Crippen LogP contribution < -0.4 is 4.74 Å². The lowest BCUT2D eigenvalue weighted by molar-refractivity contribution is 0.0921. The minimum atomic E-state index is -0.131. The molecule has 1 N–H and O–H groups in total. The molecule has 0 saturated carbocycles. The van der Waals surface area contributed by atoms with Crippen LogP contribution in [0.15, 0.2) is 48.5 Å². The van der Waals surface area contributed by atoms with Crippen LogP contribution in [-0.2, 0) is 6.61 Å². The van der Waals surface area contributed by atoms with E-state index in [0.717, 1.165) is 5.56 Å². The molecule has 0 radical (unpaired) electrons. The molecule has 2 aromatic rings. The van der Waals surface area contributed by atoms with Gasteiger partial charge in [0.15, 0.2) is 12.4 Å². The summed E-state index contributed by atoms with van der Waals surface area (Å²) in [6.07, 6.45) is 0. The number of hydrogen-bond acceptors (Lipinski definition) is 3. The average Bonchev–Trinajstić information content (AvgIpc) is 2.45. The van der Waals surface area contributed by atoms with E-state index in [0.29, 0.717) is 16.3 Å². The van der Waals surface area contributed by atoms with E-state index in [1.165, 1.54) is 0 Å². The summed E-state index contributed by atoms with van der Waals surface area (Å²) in [6, 6.07) is 13.7. The second-order valence-electron chi connectivity index (χ2n) is 4.02. The quantitative estimate of drug-likeness (QED) is 0.854. The number of ketones is 1. The Labute approximate surface area is 116 Å². The largest absolute Gasteiger partial charge is 0.485 e. The number of halogens is 1. The smallest absolute Gasteiger partial charge is 0.200 e. The Morgan fingerprint density at radius 3 is 2.53 bits per heavy atom. The fourth-order valence-electron chi connectivity index (χ4n) is 1.59. The molecule has 0 aliphatic carbocycles. The van der Waals surface area contributed by atoms with Gasteiger partial charge in [0.1, 0.15) is 5.75 Å². The summed E-state index contributed by atoms with van der Waals surface area (Å²) in [6.45, 7) is -0.0550. The van der Waals surface area contributed by atoms with E-state index in [9.17, 15) is 4.79 Å². The predicted molar refractivity (Wildman–Crippen MR) is 73.6 cm³/mol. The molecule has 19 heavy (non-hydrogen) atoms. The maximum Gasteiger partial charge on any atom is 0.200 e. The molecule has 2 rings (SSSR count). The molecule has 0 atom stereocenters. The van der Waals surface area contributed by atoms with Crippen LogP contribution in [0.5, 0.6) is 5.75 Å². The van der Waals surface area contributed by atoms with E-state index in [1.807, 2.05) is 0 Å². The number of Topliss-reactive ketones (excluding diaryl/α,β-unsaturated/α-hetero) is 1. The second-order valence-corrected chi connectivity index (χ2v) is 4.46. The van der Waals surface area contributed by atoms with Gasteiger partial charge in [-0.2, -0.15) is 0 Å². The van der Waals surface area contributed by atoms with Gasteiger partial charge in [0.2, 0.25) is 0 Å². The van der Waals surface area contributed by atoms with E-state index in [4.69, 9.17) is 21.4 Å². The van der Waals surface area contributed by atoms with E-state index in [-0.39, 0.29) is 19.0 Å². The Morgan fingerprint density at radius 1 is 1.16 bits per heavy atom. The maximum atomic E-state index is 11.9. The van der Waals surface area contributed by atoms with Gasteiger partial charge < -0.3 is 9.84 Å². The lowest BCUT2D eigenvalue weighted by atomic mass is 10.1. The van der Waals surface area contributed by atoms with Gasteiger partial charge in [-0.3, -0.25) is 4.79 Å². The molecule has 0 aliphatic heterocycles. The predicted octanol–water partition coefficient (Wildman–Crippen LogP) is 3.09. The van der Waals surface area contributed by atoms with Crippen LogP contribution >= 0.6 is 11.6 Å². The van der Waals surface area contributed by atoms with Gasteiger partial charge in [-0.05, 0) is 29.8 Å². The summed E-state index contributed by atoms with van der Waals surface area (Å²) >= 11 is 5.82. The van der Waals surface area contributed by atoms with Gasteiger partial charge in [0, 0.05) is 10.6 Å². The standard InChI is InChI=1S/C15H13ClO3/c16-13-3-1-2-12(8-13)15(18)10-19-14-6-4-11(9-17)5-7-14/h1-8,17H,9-10H2. The van der Waals surface area contributed by atoms with Crippen molar-refractivity contribution in [2.45, 2.75) is 6.61 Å². The van der Waals surface area contributed by atoms with Crippen molar-refractivity contribution in [3.63, 3.8) is 0 Å². The van der Waals surface area contributed by atoms with Crippen LogP contribution in [0.25, 0.3) is 0 Å². The number of rotatable bonds is 5. The molecule has 0 fully saturated rings. The van der Waals surface area contributed by atoms with Crippen molar-refractivity contribution in [3.8, 4) is 5.75 Å². The summed E-state index contributed by atoms with van der Waals surface area (Å²) < 4.78 is 5.39. The number of carbonyl (C=O) groups is 1. The summed E-state index contributed by atoms with van der Waals surface area (Å²) in [4.78, 5) is 11.9. The van der Waals surface area contributed by atoms with E-state index in [2.05, 4.69) is 0 Å². The number of ether oxygens (including phenoxy) is 1. The molecule has 3 nitrogen and oxygen atoms in total. The third kappa shape index (κ3) is 3.81. The Morgan fingerprint density at radius 2 is 1.89 bits per heavy atom. The summed E-state index contributed by atoms with van der Waals surface area (Å²) in [5.74, 6) is 0.460. The first-order chi connectivity index (χ1) is 9.19. The number of aliphatic hydroxyl groups is 1. The van der Waals surface area contributed by atoms with Crippen LogP contribution in [0.4, 0.5) is 0 Å². The molecule has 98 valence electrons. The number of hydrogen-bond donors (Lipinski definition) is 1. The first-order valence-electron chi connectivity index (χ1n) is 5.80. The maximum absolute atomic E-state index is 11.9. The topological polar surface area (TPSA) is 46.5 Å². The van der Waals surface area contributed by atoms with Gasteiger partial charge in [-0.25, -0.2) is 0 Å². The van der Waals surface area contributed by atoms with Gasteiger partial charge in [0.25, 0.3) is 0 Å². The van der Waals surface area contributed by atoms with Gasteiger partial charge in [-0.1, -0.05) is 35.9 Å².